The van der Waals surface area contributed by atoms with Crippen molar-refractivity contribution >= 4 is 28.5 Å². The lowest BCUT2D eigenvalue weighted by Gasteiger charge is -2.17. The van der Waals surface area contributed by atoms with Crippen molar-refractivity contribution in [1.29, 1.82) is 0 Å². The molecule has 0 saturated carbocycles. The predicted molar refractivity (Wildman–Crippen MR) is 82.8 cm³/mol. The van der Waals surface area contributed by atoms with E-state index in [1.165, 1.54) is 36.4 Å². The van der Waals surface area contributed by atoms with E-state index in [1.54, 1.807) is 6.07 Å². The Balaban J connectivity index is 2.23. The van der Waals surface area contributed by atoms with Gasteiger partial charge in [-0.05, 0) is 58.5 Å². The maximum absolute atomic E-state index is 13.5. The Labute approximate surface area is 134 Å². The van der Waals surface area contributed by atoms with Crippen LogP contribution in [-0.4, -0.2) is 17.6 Å². The number of aliphatic hydroxyl groups is 1. The van der Waals surface area contributed by atoms with Crippen LogP contribution in [0, 0.1) is 15.2 Å². The highest BCUT2D eigenvalue weighted by molar-refractivity contribution is 14.1. The molecule has 0 aromatic heterocycles. The lowest BCUT2D eigenvalue weighted by molar-refractivity contribution is 0.0912. The third-order valence-corrected chi connectivity index (χ3v) is 3.52. The van der Waals surface area contributed by atoms with Crippen molar-refractivity contribution in [3.8, 4) is 0 Å². The zero-order chi connectivity index (χ0) is 15.4. The maximum atomic E-state index is 13.5. The van der Waals surface area contributed by atoms with E-state index in [0.29, 0.717) is 9.13 Å². The monoisotopic (exact) mass is 403 g/mol. The third kappa shape index (κ3) is 3.98. The van der Waals surface area contributed by atoms with Gasteiger partial charge >= 0.3 is 0 Å². The fourth-order valence-corrected chi connectivity index (χ4v) is 2.55. The summed E-state index contributed by atoms with van der Waals surface area (Å²) in [7, 11) is 0. The number of rotatable bonds is 4. The second-order valence-corrected chi connectivity index (χ2v) is 5.64. The van der Waals surface area contributed by atoms with Crippen molar-refractivity contribution in [2.75, 3.05) is 6.61 Å². The summed E-state index contributed by atoms with van der Waals surface area (Å²) in [6.07, 6.45) is 0. The van der Waals surface area contributed by atoms with E-state index in [0.717, 1.165) is 0 Å². The number of amides is 1. The van der Waals surface area contributed by atoms with Crippen molar-refractivity contribution < 1.29 is 18.7 Å². The number of halogens is 3. The molecule has 0 bridgehead atoms. The van der Waals surface area contributed by atoms with Crippen molar-refractivity contribution in [2.45, 2.75) is 6.04 Å². The molecule has 0 saturated heterocycles. The van der Waals surface area contributed by atoms with E-state index in [-0.39, 0.29) is 5.56 Å². The van der Waals surface area contributed by atoms with Gasteiger partial charge in [0.2, 0.25) is 0 Å². The van der Waals surface area contributed by atoms with E-state index in [4.69, 9.17) is 0 Å². The average Bonchev–Trinajstić information content (AvgIpc) is 2.43. The van der Waals surface area contributed by atoms with E-state index >= 15 is 0 Å². The quantitative estimate of drug-likeness (QED) is 0.772. The van der Waals surface area contributed by atoms with E-state index in [9.17, 15) is 18.7 Å². The zero-order valence-electron chi connectivity index (χ0n) is 10.8. The Bertz CT molecular complexity index is 644. The molecule has 0 aliphatic carbocycles. The number of benzene rings is 2. The van der Waals surface area contributed by atoms with Crippen molar-refractivity contribution in [3.63, 3.8) is 0 Å². The number of carbonyl (C=O) groups excluding carboxylic acids is 1. The predicted octanol–water partition coefficient (Wildman–Crippen LogP) is 3.03. The molecule has 1 amide bonds. The molecule has 110 valence electrons. The molecule has 2 aromatic carbocycles. The van der Waals surface area contributed by atoms with Crippen molar-refractivity contribution in [3.05, 3.63) is 68.8 Å². The van der Waals surface area contributed by atoms with Gasteiger partial charge in [-0.15, -0.1) is 0 Å². The van der Waals surface area contributed by atoms with Crippen LogP contribution in [0.3, 0.4) is 0 Å². The largest absolute Gasteiger partial charge is 0.394 e. The van der Waals surface area contributed by atoms with Gasteiger partial charge in [-0.25, -0.2) is 8.78 Å². The van der Waals surface area contributed by atoms with E-state index < -0.39 is 30.2 Å². The Kier molecular flexibility index (Phi) is 5.24. The van der Waals surface area contributed by atoms with Crippen LogP contribution in [0.4, 0.5) is 8.78 Å². The molecular weight excluding hydrogens is 391 g/mol. The molecule has 0 heterocycles. The van der Waals surface area contributed by atoms with Gasteiger partial charge in [0.05, 0.1) is 18.2 Å². The number of hydrogen-bond donors (Lipinski definition) is 2. The molecule has 0 aliphatic heterocycles. The Morgan fingerprint density at radius 3 is 2.57 bits per heavy atom. The summed E-state index contributed by atoms with van der Waals surface area (Å²) in [5, 5.41) is 11.9. The minimum absolute atomic E-state index is 0.123. The van der Waals surface area contributed by atoms with Gasteiger partial charge in [-0.1, -0.05) is 12.1 Å². The second kappa shape index (κ2) is 6.95. The summed E-state index contributed by atoms with van der Waals surface area (Å²) in [6.45, 7) is -0.417. The van der Waals surface area contributed by atoms with Gasteiger partial charge in [-0.3, -0.25) is 4.79 Å². The van der Waals surface area contributed by atoms with Crippen molar-refractivity contribution in [1.82, 2.24) is 5.32 Å². The SMILES string of the molecule is O=C(N[C@H](CO)c1cc(F)cc(I)c1)c1ccccc1F. The fourth-order valence-electron chi connectivity index (χ4n) is 1.89. The standard InChI is InChI=1S/C15H12F2INO2/c16-10-5-9(6-11(18)7-10)14(8-20)19-15(21)12-3-1-2-4-13(12)17/h1-7,14,20H,8H2,(H,19,21)/t14-/m1/s1. The van der Waals surface area contributed by atoms with Crippen LogP contribution in [0.1, 0.15) is 22.0 Å². The van der Waals surface area contributed by atoms with Crippen LogP contribution in [0.25, 0.3) is 0 Å². The molecule has 3 nitrogen and oxygen atoms in total. The molecule has 0 aliphatic rings. The number of aliphatic hydroxyl groups excluding tert-OH is 1. The summed E-state index contributed by atoms with van der Waals surface area (Å²) < 4.78 is 27.6. The van der Waals surface area contributed by atoms with Crippen molar-refractivity contribution in [2.24, 2.45) is 0 Å². The first-order chi connectivity index (χ1) is 10.0. The summed E-state index contributed by atoms with van der Waals surface area (Å²) in [5.41, 5.74) is 0.300. The summed E-state index contributed by atoms with van der Waals surface area (Å²) >= 11 is 1.94. The summed E-state index contributed by atoms with van der Waals surface area (Å²) in [5.74, 6) is -1.78. The highest BCUT2D eigenvalue weighted by Gasteiger charge is 2.18. The normalized spacial score (nSPS) is 12.0. The average molecular weight is 403 g/mol. The molecule has 6 heteroatoms. The topological polar surface area (TPSA) is 49.3 Å². The first kappa shape index (κ1) is 15.8. The van der Waals surface area contributed by atoms with Gasteiger partial charge in [0.15, 0.2) is 0 Å². The van der Waals surface area contributed by atoms with Crippen LogP contribution >= 0.6 is 22.6 Å². The molecule has 2 rings (SSSR count). The molecule has 2 N–H and O–H groups in total. The minimum atomic E-state index is -0.804. The third-order valence-electron chi connectivity index (χ3n) is 2.89. The number of nitrogens with one attached hydrogen (secondary N) is 1. The van der Waals surface area contributed by atoms with Gasteiger partial charge in [0, 0.05) is 3.57 Å². The molecule has 0 unspecified atom stereocenters. The van der Waals surface area contributed by atoms with E-state index in [1.807, 2.05) is 22.6 Å². The summed E-state index contributed by atoms with van der Waals surface area (Å²) in [6, 6.07) is 8.93. The zero-order valence-corrected chi connectivity index (χ0v) is 13.0. The van der Waals surface area contributed by atoms with E-state index in [2.05, 4.69) is 5.32 Å². The first-order valence-electron chi connectivity index (χ1n) is 6.13. The minimum Gasteiger partial charge on any atom is -0.394 e. The molecule has 0 fully saturated rings. The smallest absolute Gasteiger partial charge is 0.254 e. The lowest BCUT2D eigenvalue weighted by Crippen LogP contribution is -2.31. The van der Waals surface area contributed by atoms with Gasteiger partial charge in [-0.2, -0.15) is 0 Å². The Hall–Kier alpha value is -1.54. The van der Waals surface area contributed by atoms with Gasteiger partial charge in [0.1, 0.15) is 11.6 Å². The molecule has 0 radical (unpaired) electrons. The van der Waals surface area contributed by atoms with Crippen LogP contribution < -0.4 is 5.32 Å². The number of hydrogen-bond acceptors (Lipinski definition) is 2. The first-order valence-corrected chi connectivity index (χ1v) is 7.21. The fraction of sp³-hybridized carbons (Fsp3) is 0.133. The lowest BCUT2D eigenvalue weighted by atomic mass is 10.1. The molecule has 1 atom stereocenters. The Morgan fingerprint density at radius 2 is 1.95 bits per heavy atom. The van der Waals surface area contributed by atoms with Gasteiger partial charge < -0.3 is 10.4 Å². The Morgan fingerprint density at radius 1 is 1.24 bits per heavy atom. The molecule has 21 heavy (non-hydrogen) atoms. The van der Waals surface area contributed by atoms with Gasteiger partial charge in [0.25, 0.3) is 5.91 Å². The molecular formula is C15H12F2INO2. The van der Waals surface area contributed by atoms with Crippen LogP contribution in [0.5, 0.6) is 0 Å². The maximum Gasteiger partial charge on any atom is 0.254 e. The second-order valence-electron chi connectivity index (χ2n) is 4.39. The van der Waals surface area contributed by atoms with Crippen LogP contribution in [-0.2, 0) is 0 Å². The molecule has 0 spiro atoms. The highest BCUT2D eigenvalue weighted by Crippen LogP contribution is 2.19. The highest BCUT2D eigenvalue weighted by atomic mass is 127. The van der Waals surface area contributed by atoms with Crippen LogP contribution in [0.2, 0.25) is 0 Å². The number of carbonyl (C=O) groups is 1. The summed E-state index contributed by atoms with van der Waals surface area (Å²) in [4.78, 5) is 12.0. The van der Waals surface area contributed by atoms with Crippen LogP contribution in [0.15, 0.2) is 42.5 Å². The molecule has 2 aromatic rings.